The molecule has 0 saturated carbocycles. The number of aromatic nitrogens is 4. The lowest BCUT2D eigenvalue weighted by Gasteiger charge is -2.28. The van der Waals surface area contributed by atoms with Gasteiger partial charge in [0.15, 0.2) is 0 Å². The molecule has 3 aromatic rings. The van der Waals surface area contributed by atoms with Crippen molar-refractivity contribution >= 4 is 17.5 Å². The molecule has 0 bridgehead atoms. The van der Waals surface area contributed by atoms with Gasteiger partial charge in [-0.05, 0) is 31.2 Å². The lowest BCUT2D eigenvalue weighted by atomic mass is 9.98. The fourth-order valence-electron chi connectivity index (χ4n) is 3.13. The van der Waals surface area contributed by atoms with Gasteiger partial charge in [-0.3, -0.25) is 9.78 Å². The van der Waals surface area contributed by atoms with Crippen LogP contribution in [0.1, 0.15) is 18.7 Å². The van der Waals surface area contributed by atoms with Gasteiger partial charge < -0.3 is 15.4 Å². The Kier molecular flexibility index (Phi) is 4.29. The first-order valence-corrected chi connectivity index (χ1v) is 8.41. The number of pyridine rings is 1. The molecule has 8 heteroatoms. The standard InChI is InChI=1S/C19H18N6O2/c1-12-16(18(26)24-13-7-3-4-9-15(13)27-2)17(14-8-5-6-10-20-14)25-19(23-12)21-11-22-25/h3-11,17H,1-2H3,(H,24,26)(H,21,22,23). The van der Waals surface area contributed by atoms with Crippen molar-refractivity contribution in [1.29, 1.82) is 0 Å². The van der Waals surface area contributed by atoms with Gasteiger partial charge in [0, 0.05) is 11.9 Å². The van der Waals surface area contributed by atoms with Crippen molar-refractivity contribution in [2.24, 2.45) is 0 Å². The summed E-state index contributed by atoms with van der Waals surface area (Å²) in [6.07, 6.45) is 3.14. The number of anilines is 2. The molecule has 0 spiro atoms. The van der Waals surface area contributed by atoms with Crippen molar-refractivity contribution < 1.29 is 9.53 Å². The second kappa shape index (κ2) is 6.91. The zero-order valence-corrected chi connectivity index (χ0v) is 14.9. The normalized spacial score (nSPS) is 15.7. The minimum Gasteiger partial charge on any atom is -0.495 e. The van der Waals surface area contributed by atoms with E-state index in [2.05, 4.69) is 25.7 Å². The molecule has 1 aromatic carbocycles. The summed E-state index contributed by atoms with van der Waals surface area (Å²) in [6, 6.07) is 12.4. The van der Waals surface area contributed by atoms with E-state index in [0.717, 1.165) is 0 Å². The van der Waals surface area contributed by atoms with Crippen LogP contribution in [-0.2, 0) is 4.79 Å². The number of nitrogens with one attached hydrogen (secondary N) is 2. The molecule has 0 fully saturated rings. The summed E-state index contributed by atoms with van der Waals surface area (Å²) in [6.45, 7) is 1.84. The Balaban J connectivity index is 1.76. The van der Waals surface area contributed by atoms with Gasteiger partial charge in [-0.1, -0.05) is 18.2 Å². The molecule has 27 heavy (non-hydrogen) atoms. The van der Waals surface area contributed by atoms with E-state index in [0.29, 0.717) is 34.3 Å². The Hall–Kier alpha value is -3.68. The van der Waals surface area contributed by atoms with Crippen molar-refractivity contribution in [1.82, 2.24) is 19.7 Å². The van der Waals surface area contributed by atoms with E-state index in [1.54, 1.807) is 30.1 Å². The number of carbonyl (C=O) groups is 1. The second-order valence-corrected chi connectivity index (χ2v) is 6.00. The molecule has 1 aliphatic heterocycles. The van der Waals surface area contributed by atoms with Crippen molar-refractivity contribution in [2.75, 3.05) is 17.7 Å². The number of ether oxygens (including phenoxy) is 1. The van der Waals surface area contributed by atoms with Crippen molar-refractivity contribution in [3.05, 3.63) is 72.0 Å². The summed E-state index contributed by atoms with van der Waals surface area (Å²) in [5.41, 5.74) is 2.50. The van der Waals surface area contributed by atoms with Crippen molar-refractivity contribution in [2.45, 2.75) is 13.0 Å². The predicted molar refractivity (Wildman–Crippen MR) is 100 cm³/mol. The number of nitrogens with zero attached hydrogens (tertiary/aromatic N) is 4. The molecule has 136 valence electrons. The maximum atomic E-state index is 13.2. The average molecular weight is 362 g/mol. The minimum atomic E-state index is -0.486. The van der Waals surface area contributed by atoms with Crippen LogP contribution >= 0.6 is 0 Å². The number of carbonyl (C=O) groups excluding carboxylic acids is 1. The molecule has 0 aliphatic carbocycles. The molecule has 2 N–H and O–H groups in total. The Morgan fingerprint density at radius 1 is 1.19 bits per heavy atom. The number of amides is 1. The highest BCUT2D eigenvalue weighted by atomic mass is 16.5. The first-order valence-electron chi connectivity index (χ1n) is 8.41. The SMILES string of the molecule is COc1ccccc1NC(=O)C1=C(C)Nc2ncnn2C1c1ccccn1. The molecule has 1 atom stereocenters. The Morgan fingerprint density at radius 3 is 2.78 bits per heavy atom. The minimum absolute atomic E-state index is 0.263. The number of fused-ring (bicyclic) bond motifs is 1. The molecule has 0 saturated heterocycles. The summed E-state index contributed by atoms with van der Waals surface area (Å²) in [5, 5.41) is 10.4. The van der Waals surface area contributed by atoms with Crippen LogP contribution in [0, 0.1) is 0 Å². The highest BCUT2D eigenvalue weighted by Gasteiger charge is 2.34. The Labute approximate surface area is 155 Å². The number of rotatable bonds is 4. The summed E-state index contributed by atoms with van der Waals surface area (Å²) in [4.78, 5) is 21.9. The molecule has 1 amide bonds. The fraction of sp³-hybridized carbons (Fsp3) is 0.158. The molecule has 1 aliphatic rings. The van der Waals surface area contributed by atoms with E-state index in [-0.39, 0.29) is 5.91 Å². The fourth-order valence-corrected chi connectivity index (χ4v) is 3.13. The van der Waals surface area contributed by atoms with E-state index in [9.17, 15) is 4.79 Å². The third-order valence-corrected chi connectivity index (χ3v) is 4.36. The smallest absolute Gasteiger partial charge is 0.256 e. The second-order valence-electron chi connectivity index (χ2n) is 6.00. The molecule has 1 unspecified atom stereocenters. The van der Waals surface area contributed by atoms with E-state index >= 15 is 0 Å². The highest BCUT2D eigenvalue weighted by Crippen LogP contribution is 2.34. The van der Waals surface area contributed by atoms with Gasteiger partial charge >= 0.3 is 0 Å². The lowest BCUT2D eigenvalue weighted by Crippen LogP contribution is -2.32. The molecule has 8 nitrogen and oxygen atoms in total. The van der Waals surface area contributed by atoms with Crippen LogP contribution in [0.2, 0.25) is 0 Å². The van der Waals surface area contributed by atoms with E-state index in [1.165, 1.54) is 6.33 Å². The van der Waals surface area contributed by atoms with E-state index < -0.39 is 6.04 Å². The highest BCUT2D eigenvalue weighted by molar-refractivity contribution is 6.06. The van der Waals surface area contributed by atoms with Gasteiger partial charge in [-0.25, -0.2) is 4.68 Å². The number of benzene rings is 1. The molecule has 3 heterocycles. The van der Waals surface area contributed by atoms with E-state index in [1.807, 2.05) is 37.3 Å². The van der Waals surface area contributed by atoms with Gasteiger partial charge in [0.2, 0.25) is 5.95 Å². The van der Waals surface area contributed by atoms with Crippen LogP contribution in [0.15, 0.2) is 66.3 Å². The predicted octanol–water partition coefficient (Wildman–Crippen LogP) is 2.61. The zero-order valence-electron chi connectivity index (χ0n) is 14.9. The largest absolute Gasteiger partial charge is 0.495 e. The molecule has 4 rings (SSSR count). The Bertz CT molecular complexity index is 1010. The van der Waals surface area contributed by atoms with Gasteiger partial charge in [-0.15, -0.1) is 0 Å². The molecule has 2 aromatic heterocycles. The van der Waals surface area contributed by atoms with Crippen LogP contribution in [-0.4, -0.2) is 32.8 Å². The van der Waals surface area contributed by atoms with Crippen LogP contribution in [0.3, 0.4) is 0 Å². The zero-order chi connectivity index (χ0) is 18.8. The maximum Gasteiger partial charge on any atom is 0.256 e. The molecular formula is C19H18N6O2. The van der Waals surface area contributed by atoms with Gasteiger partial charge in [0.25, 0.3) is 5.91 Å². The van der Waals surface area contributed by atoms with Crippen LogP contribution in [0.5, 0.6) is 5.75 Å². The topological polar surface area (TPSA) is 94.0 Å². The maximum absolute atomic E-state index is 13.2. The molecular weight excluding hydrogens is 344 g/mol. The lowest BCUT2D eigenvalue weighted by molar-refractivity contribution is -0.113. The number of hydrogen-bond donors (Lipinski definition) is 2. The van der Waals surface area contributed by atoms with Crippen LogP contribution < -0.4 is 15.4 Å². The van der Waals surface area contributed by atoms with Crippen molar-refractivity contribution in [3.63, 3.8) is 0 Å². The Morgan fingerprint density at radius 2 is 2.00 bits per heavy atom. The summed E-state index contributed by atoms with van der Waals surface area (Å²) >= 11 is 0. The quantitative estimate of drug-likeness (QED) is 0.741. The van der Waals surface area contributed by atoms with Crippen LogP contribution in [0.25, 0.3) is 0 Å². The van der Waals surface area contributed by atoms with Gasteiger partial charge in [0.1, 0.15) is 18.1 Å². The monoisotopic (exact) mass is 362 g/mol. The third kappa shape index (κ3) is 3.01. The first kappa shape index (κ1) is 16.8. The number of allylic oxidation sites excluding steroid dienone is 1. The van der Waals surface area contributed by atoms with Crippen LogP contribution in [0.4, 0.5) is 11.6 Å². The number of methoxy groups -OCH3 is 1. The van der Waals surface area contributed by atoms with Gasteiger partial charge in [0.05, 0.1) is 24.1 Å². The summed E-state index contributed by atoms with van der Waals surface area (Å²) in [7, 11) is 1.57. The summed E-state index contributed by atoms with van der Waals surface area (Å²) < 4.78 is 6.99. The van der Waals surface area contributed by atoms with E-state index in [4.69, 9.17) is 4.74 Å². The van der Waals surface area contributed by atoms with Gasteiger partial charge in [-0.2, -0.15) is 10.1 Å². The average Bonchev–Trinajstić information content (AvgIpc) is 3.15. The van der Waals surface area contributed by atoms with Crippen molar-refractivity contribution in [3.8, 4) is 5.75 Å². The molecule has 0 radical (unpaired) electrons. The number of para-hydroxylation sites is 2. The summed E-state index contributed by atoms with van der Waals surface area (Å²) in [5.74, 6) is 0.891. The first-order chi connectivity index (χ1) is 13.2. The third-order valence-electron chi connectivity index (χ3n) is 4.36. The number of hydrogen-bond acceptors (Lipinski definition) is 6.